The number of aromatic nitrogens is 2. The van der Waals surface area contributed by atoms with Gasteiger partial charge in [0.15, 0.2) is 11.6 Å². The number of imidazole rings is 1. The third-order valence-electron chi connectivity index (χ3n) is 3.46. The first-order valence-electron chi connectivity index (χ1n) is 5.69. The molecule has 2 aromatic rings. The fraction of sp³-hybridized carbons (Fsp3) is 0.417. The Morgan fingerprint density at radius 3 is 2.76 bits per heavy atom. The van der Waals surface area contributed by atoms with E-state index in [2.05, 4.69) is 9.97 Å². The fourth-order valence-corrected chi connectivity index (χ4v) is 2.29. The van der Waals surface area contributed by atoms with E-state index in [1.165, 1.54) is 6.07 Å². The molecule has 0 atom stereocenters. The van der Waals surface area contributed by atoms with E-state index in [0.29, 0.717) is 17.8 Å². The molecular weight excluding hydrogens is 224 g/mol. The van der Waals surface area contributed by atoms with Gasteiger partial charge in [0.05, 0.1) is 5.52 Å². The number of nitrogens with zero attached hydrogens (tertiary/aromatic N) is 1. The number of hydrogen-bond acceptors (Lipinski definition) is 2. The highest BCUT2D eigenvalue weighted by molar-refractivity contribution is 5.75. The Kier molecular flexibility index (Phi) is 2.19. The Bertz CT molecular complexity index is 572. The van der Waals surface area contributed by atoms with Crippen LogP contribution in [0.15, 0.2) is 12.1 Å². The first kappa shape index (κ1) is 10.7. The lowest BCUT2D eigenvalue weighted by Gasteiger charge is -2.37. The number of hydrogen-bond donors (Lipinski definition) is 2. The average Bonchev–Trinajstić information content (AvgIpc) is 2.65. The summed E-state index contributed by atoms with van der Waals surface area (Å²) in [5.74, 6) is -1.14. The highest BCUT2D eigenvalue weighted by Crippen LogP contribution is 2.32. The van der Waals surface area contributed by atoms with Gasteiger partial charge in [-0.2, -0.15) is 0 Å². The van der Waals surface area contributed by atoms with Crippen LogP contribution in [0.25, 0.3) is 11.0 Å². The standard InChI is InChI=1S/C12H13F2N3/c13-7-2-3-8-11(10(7)14)17-9(16-8)6-12(15)4-1-5-12/h2-3H,1,4-6,15H2,(H,16,17). The van der Waals surface area contributed by atoms with Crippen LogP contribution in [0.5, 0.6) is 0 Å². The molecule has 1 fully saturated rings. The number of nitrogens with one attached hydrogen (secondary N) is 1. The van der Waals surface area contributed by atoms with Crippen molar-refractivity contribution in [3.63, 3.8) is 0 Å². The molecule has 0 saturated heterocycles. The highest BCUT2D eigenvalue weighted by atomic mass is 19.2. The maximum atomic E-state index is 13.5. The van der Waals surface area contributed by atoms with E-state index >= 15 is 0 Å². The molecular formula is C12H13F2N3. The third-order valence-corrected chi connectivity index (χ3v) is 3.46. The van der Waals surface area contributed by atoms with Crippen molar-refractivity contribution in [3.8, 4) is 0 Å². The summed E-state index contributed by atoms with van der Waals surface area (Å²) < 4.78 is 26.5. The lowest BCUT2D eigenvalue weighted by molar-refractivity contribution is 0.244. The number of benzene rings is 1. The topological polar surface area (TPSA) is 54.7 Å². The van der Waals surface area contributed by atoms with E-state index in [0.717, 1.165) is 25.3 Å². The van der Waals surface area contributed by atoms with Gasteiger partial charge in [-0.1, -0.05) is 0 Å². The molecule has 1 heterocycles. The SMILES string of the molecule is NC1(Cc2nc3c(F)c(F)ccc3[nH]2)CCC1. The maximum Gasteiger partial charge on any atom is 0.186 e. The highest BCUT2D eigenvalue weighted by Gasteiger charge is 2.33. The Balaban J connectivity index is 1.99. The average molecular weight is 237 g/mol. The molecule has 0 unspecified atom stereocenters. The lowest BCUT2D eigenvalue weighted by atomic mass is 9.75. The first-order valence-corrected chi connectivity index (χ1v) is 5.69. The molecule has 0 amide bonds. The van der Waals surface area contributed by atoms with E-state index in [4.69, 9.17) is 5.73 Å². The van der Waals surface area contributed by atoms with Crippen LogP contribution in [-0.2, 0) is 6.42 Å². The zero-order valence-electron chi connectivity index (χ0n) is 9.26. The fourth-order valence-electron chi connectivity index (χ4n) is 2.29. The number of halogens is 2. The van der Waals surface area contributed by atoms with Gasteiger partial charge in [-0.15, -0.1) is 0 Å². The summed E-state index contributed by atoms with van der Waals surface area (Å²) in [5.41, 5.74) is 6.45. The van der Waals surface area contributed by atoms with Crippen LogP contribution >= 0.6 is 0 Å². The normalized spacial score (nSPS) is 18.3. The lowest BCUT2D eigenvalue weighted by Crippen LogP contribution is -2.48. The summed E-state index contributed by atoms with van der Waals surface area (Å²) in [4.78, 5) is 7.08. The van der Waals surface area contributed by atoms with Crippen molar-refractivity contribution in [2.75, 3.05) is 0 Å². The van der Waals surface area contributed by atoms with Gasteiger partial charge in [-0.05, 0) is 31.4 Å². The number of aromatic amines is 1. The number of H-pyrrole nitrogens is 1. The molecule has 1 aromatic carbocycles. The minimum atomic E-state index is -0.898. The Morgan fingerprint density at radius 1 is 1.35 bits per heavy atom. The summed E-state index contributed by atoms with van der Waals surface area (Å²) in [6, 6.07) is 2.59. The van der Waals surface area contributed by atoms with Gasteiger partial charge in [-0.3, -0.25) is 0 Å². The molecule has 5 heteroatoms. The van der Waals surface area contributed by atoms with Gasteiger partial charge >= 0.3 is 0 Å². The second kappa shape index (κ2) is 3.50. The van der Waals surface area contributed by atoms with Crippen molar-refractivity contribution in [2.24, 2.45) is 5.73 Å². The second-order valence-corrected chi connectivity index (χ2v) is 4.83. The van der Waals surface area contributed by atoms with Gasteiger partial charge in [-0.25, -0.2) is 13.8 Å². The quantitative estimate of drug-likeness (QED) is 0.841. The van der Waals surface area contributed by atoms with Crippen LogP contribution in [0.3, 0.4) is 0 Å². The molecule has 3 nitrogen and oxygen atoms in total. The zero-order chi connectivity index (χ0) is 12.0. The van der Waals surface area contributed by atoms with Crippen LogP contribution < -0.4 is 5.73 Å². The molecule has 3 rings (SSSR count). The number of fused-ring (bicyclic) bond motifs is 1. The van der Waals surface area contributed by atoms with Gasteiger partial charge < -0.3 is 10.7 Å². The van der Waals surface area contributed by atoms with Crippen molar-refractivity contribution in [1.29, 1.82) is 0 Å². The Labute approximate surface area is 97.0 Å². The molecule has 1 aliphatic rings. The van der Waals surface area contributed by atoms with Gasteiger partial charge in [0.1, 0.15) is 11.3 Å². The van der Waals surface area contributed by atoms with Crippen LogP contribution in [0.2, 0.25) is 0 Å². The molecule has 0 radical (unpaired) electrons. The van der Waals surface area contributed by atoms with Crippen molar-refractivity contribution in [3.05, 3.63) is 29.6 Å². The van der Waals surface area contributed by atoms with Crippen molar-refractivity contribution in [1.82, 2.24) is 9.97 Å². The predicted octanol–water partition coefficient (Wildman–Crippen LogP) is 2.27. The molecule has 0 aliphatic heterocycles. The predicted molar refractivity (Wildman–Crippen MR) is 60.5 cm³/mol. The molecule has 0 bridgehead atoms. The van der Waals surface area contributed by atoms with E-state index in [9.17, 15) is 8.78 Å². The minimum absolute atomic E-state index is 0.0583. The summed E-state index contributed by atoms with van der Waals surface area (Å²) in [5, 5.41) is 0. The van der Waals surface area contributed by atoms with Gasteiger partial charge in [0.25, 0.3) is 0 Å². The van der Waals surface area contributed by atoms with Crippen molar-refractivity contribution in [2.45, 2.75) is 31.2 Å². The number of nitrogens with two attached hydrogens (primary N) is 1. The molecule has 1 saturated carbocycles. The maximum absolute atomic E-state index is 13.5. The van der Waals surface area contributed by atoms with Crippen LogP contribution in [0.1, 0.15) is 25.1 Å². The molecule has 3 N–H and O–H groups in total. The second-order valence-electron chi connectivity index (χ2n) is 4.83. The molecule has 17 heavy (non-hydrogen) atoms. The van der Waals surface area contributed by atoms with E-state index in [1.807, 2.05) is 0 Å². The van der Waals surface area contributed by atoms with E-state index in [1.54, 1.807) is 0 Å². The summed E-state index contributed by atoms with van der Waals surface area (Å²) in [6.45, 7) is 0. The Morgan fingerprint density at radius 2 is 2.12 bits per heavy atom. The largest absolute Gasteiger partial charge is 0.342 e. The molecule has 1 aromatic heterocycles. The third kappa shape index (κ3) is 1.70. The van der Waals surface area contributed by atoms with Crippen molar-refractivity contribution >= 4 is 11.0 Å². The van der Waals surface area contributed by atoms with Gasteiger partial charge in [0.2, 0.25) is 0 Å². The Hall–Kier alpha value is -1.49. The van der Waals surface area contributed by atoms with Gasteiger partial charge in [0, 0.05) is 12.0 Å². The van der Waals surface area contributed by atoms with Crippen molar-refractivity contribution < 1.29 is 8.78 Å². The summed E-state index contributed by atoms with van der Waals surface area (Å²) in [6.07, 6.45) is 3.63. The van der Waals surface area contributed by atoms with Crippen LogP contribution in [-0.4, -0.2) is 15.5 Å². The van der Waals surface area contributed by atoms with Crippen LogP contribution in [0.4, 0.5) is 8.78 Å². The molecule has 90 valence electrons. The summed E-state index contributed by atoms with van der Waals surface area (Å²) in [7, 11) is 0. The first-order chi connectivity index (χ1) is 8.07. The summed E-state index contributed by atoms with van der Waals surface area (Å²) >= 11 is 0. The zero-order valence-corrected chi connectivity index (χ0v) is 9.26. The minimum Gasteiger partial charge on any atom is -0.342 e. The van der Waals surface area contributed by atoms with E-state index in [-0.39, 0.29) is 11.1 Å². The molecule has 1 aliphatic carbocycles. The van der Waals surface area contributed by atoms with Crippen LogP contribution in [0, 0.1) is 11.6 Å². The van der Waals surface area contributed by atoms with E-state index < -0.39 is 11.6 Å². The number of rotatable bonds is 2. The molecule has 0 spiro atoms. The smallest absolute Gasteiger partial charge is 0.186 e. The monoisotopic (exact) mass is 237 g/mol.